The third kappa shape index (κ3) is 5.21. The maximum absolute atomic E-state index is 12.7. The summed E-state index contributed by atoms with van der Waals surface area (Å²) in [7, 11) is 0. The monoisotopic (exact) mass is 434 g/mol. The minimum absolute atomic E-state index is 0.0226. The summed E-state index contributed by atoms with van der Waals surface area (Å²) in [5, 5.41) is 2.77. The molecule has 9 heteroatoms. The molecule has 1 aromatic carbocycles. The number of rotatable bonds is 6. The zero-order valence-electron chi connectivity index (χ0n) is 15.6. The molecule has 2 amide bonds. The number of thiophene rings is 1. The van der Waals surface area contributed by atoms with Gasteiger partial charge in [-0.1, -0.05) is 23.7 Å². The minimum Gasteiger partial charge on any atom is -0.456 e. The third-order valence-corrected chi connectivity index (χ3v) is 5.66. The van der Waals surface area contributed by atoms with E-state index in [1.54, 1.807) is 43.3 Å². The first-order valence-electron chi connectivity index (χ1n) is 9.00. The van der Waals surface area contributed by atoms with Crippen molar-refractivity contribution in [3.63, 3.8) is 0 Å². The first-order valence-corrected chi connectivity index (χ1v) is 10.2. The number of hydrogen-bond acceptors (Lipinski definition) is 6. The summed E-state index contributed by atoms with van der Waals surface area (Å²) in [5.41, 5.74) is 1.08. The summed E-state index contributed by atoms with van der Waals surface area (Å²) >= 11 is 6.95. The van der Waals surface area contributed by atoms with Gasteiger partial charge in [0, 0.05) is 18.9 Å². The van der Waals surface area contributed by atoms with Crippen molar-refractivity contribution in [2.24, 2.45) is 0 Å². The Morgan fingerprint density at radius 1 is 1.21 bits per heavy atom. The van der Waals surface area contributed by atoms with Crippen LogP contribution < -0.4 is 10.2 Å². The summed E-state index contributed by atoms with van der Waals surface area (Å²) in [5.74, 6) is -1.47. The van der Waals surface area contributed by atoms with Crippen molar-refractivity contribution in [1.82, 2.24) is 0 Å². The Labute approximate surface area is 176 Å². The summed E-state index contributed by atoms with van der Waals surface area (Å²) in [6.45, 7) is 1.29. The summed E-state index contributed by atoms with van der Waals surface area (Å²) < 4.78 is 5.57. The number of nitrogens with one attached hydrogen (secondary N) is 1. The molecule has 7 nitrogen and oxygen atoms in total. The number of Topliss-reactive ketones (excluding diaryl/α,β-unsaturated/α-hetero) is 1. The highest BCUT2D eigenvalue weighted by atomic mass is 35.5. The molecule has 0 aliphatic carbocycles. The van der Waals surface area contributed by atoms with Gasteiger partial charge in [-0.3, -0.25) is 19.2 Å². The number of para-hydroxylation sites is 2. The van der Waals surface area contributed by atoms with Crippen molar-refractivity contribution >= 4 is 57.9 Å². The fraction of sp³-hybridized carbons (Fsp3) is 0.300. The lowest BCUT2D eigenvalue weighted by molar-refractivity contribution is -0.147. The molecular weight excluding hydrogens is 416 g/mol. The molecule has 1 aliphatic heterocycles. The van der Waals surface area contributed by atoms with E-state index < -0.39 is 24.5 Å². The molecule has 0 saturated heterocycles. The SMILES string of the molecule is CC1CC(=O)Nc2ccccc2N1C(=O)COC(=O)CCC(=O)c1ccc(Cl)s1. The van der Waals surface area contributed by atoms with Gasteiger partial charge in [0.25, 0.3) is 5.91 Å². The Bertz CT molecular complexity index is 958. The van der Waals surface area contributed by atoms with E-state index in [-0.39, 0.29) is 31.0 Å². The van der Waals surface area contributed by atoms with Gasteiger partial charge in [-0.15, -0.1) is 11.3 Å². The van der Waals surface area contributed by atoms with Crippen molar-refractivity contribution in [3.8, 4) is 0 Å². The van der Waals surface area contributed by atoms with E-state index in [1.165, 1.54) is 4.90 Å². The van der Waals surface area contributed by atoms with Gasteiger partial charge < -0.3 is 15.0 Å². The number of hydrogen-bond donors (Lipinski definition) is 1. The number of carbonyl (C=O) groups is 4. The normalized spacial score (nSPS) is 15.9. The van der Waals surface area contributed by atoms with E-state index in [2.05, 4.69) is 5.32 Å². The average molecular weight is 435 g/mol. The van der Waals surface area contributed by atoms with E-state index in [1.807, 2.05) is 0 Å². The van der Waals surface area contributed by atoms with Crippen LogP contribution in [0.2, 0.25) is 4.34 Å². The Morgan fingerprint density at radius 3 is 2.69 bits per heavy atom. The molecule has 0 spiro atoms. The molecule has 0 saturated carbocycles. The van der Waals surface area contributed by atoms with E-state index in [4.69, 9.17) is 16.3 Å². The van der Waals surface area contributed by atoms with Gasteiger partial charge in [-0.25, -0.2) is 0 Å². The molecule has 29 heavy (non-hydrogen) atoms. The van der Waals surface area contributed by atoms with Crippen LogP contribution in [0.15, 0.2) is 36.4 Å². The lowest BCUT2D eigenvalue weighted by Gasteiger charge is -2.27. The summed E-state index contributed by atoms with van der Waals surface area (Å²) in [4.78, 5) is 50.7. The maximum atomic E-state index is 12.7. The summed E-state index contributed by atoms with van der Waals surface area (Å²) in [6, 6.07) is 9.79. The van der Waals surface area contributed by atoms with Gasteiger partial charge in [0.1, 0.15) is 0 Å². The molecule has 2 aromatic rings. The van der Waals surface area contributed by atoms with Crippen LogP contribution in [0.3, 0.4) is 0 Å². The van der Waals surface area contributed by atoms with Crippen molar-refractivity contribution in [2.45, 2.75) is 32.2 Å². The van der Waals surface area contributed by atoms with Crippen molar-refractivity contribution in [1.29, 1.82) is 0 Å². The number of carbonyl (C=O) groups excluding carboxylic acids is 4. The van der Waals surface area contributed by atoms with Crippen molar-refractivity contribution in [3.05, 3.63) is 45.6 Å². The number of ether oxygens (including phenoxy) is 1. The van der Waals surface area contributed by atoms with Gasteiger partial charge in [0.15, 0.2) is 12.4 Å². The zero-order chi connectivity index (χ0) is 21.0. The molecule has 0 radical (unpaired) electrons. The molecule has 1 atom stereocenters. The summed E-state index contributed by atoms with van der Waals surface area (Å²) in [6.07, 6.45) is -0.0225. The van der Waals surface area contributed by atoms with Gasteiger partial charge >= 0.3 is 5.97 Å². The largest absolute Gasteiger partial charge is 0.456 e. The number of halogens is 1. The lowest BCUT2D eigenvalue weighted by atomic mass is 10.1. The van der Waals surface area contributed by atoms with Gasteiger partial charge in [-0.05, 0) is 31.2 Å². The highest BCUT2D eigenvalue weighted by Crippen LogP contribution is 2.31. The second kappa shape index (κ2) is 9.19. The Kier molecular flexibility index (Phi) is 6.66. The van der Waals surface area contributed by atoms with Crippen LogP contribution in [0.5, 0.6) is 0 Å². The molecule has 1 aliphatic rings. The quantitative estimate of drug-likeness (QED) is 0.553. The smallest absolute Gasteiger partial charge is 0.306 e. The Balaban J connectivity index is 1.57. The van der Waals surface area contributed by atoms with Crippen molar-refractivity contribution < 1.29 is 23.9 Å². The van der Waals surface area contributed by atoms with Crippen LogP contribution in [0.25, 0.3) is 0 Å². The highest BCUT2D eigenvalue weighted by molar-refractivity contribution is 7.18. The predicted octanol–water partition coefficient (Wildman–Crippen LogP) is 3.67. The van der Waals surface area contributed by atoms with Crippen LogP contribution in [0.4, 0.5) is 11.4 Å². The molecular formula is C20H19ClN2O5S. The Morgan fingerprint density at radius 2 is 1.97 bits per heavy atom. The van der Waals surface area contributed by atoms with Gasteiger partial charge in [-0.2, -0.15) is 0 Å². The third-order valence-electron chi connectivity index (χ3n) is 4.39. The van der Waals surface area contributed by atoms with E-state index in [9.17, 15) is 19.2 Å². The standard InChI is InChI=1S/C20H19ClN2O5S/c1-12-10-18(25)22-13-4-2-3-5-14(13)23(12)19(26)11-28-20(27)9-6-15(24)16-7-8-17(21)29-16/h2-5,7-8,12H,6,9-11H2,1H3,(H,22,25). The van der Waals surface area contributed by atoms with Crippen LogP contribution in [-0.4, -0.2) is 36.2 Å². The molecule has 1 unspecified atom stereocenters. The Hall–Kier alpha value is -2.71. The number of esters is 1. The number of nitrogens with zero attached hydrogens (tertiary/aromatic N) is 1. The lowest BCUT2D eigenvalue weighted by Crippen LogP contribution is -2.41. The van der Waals surface area contributed by atoms with Gasteiger partial charge in [0.05, 0.1) is 27.0 Å². The number of anilines is 2. The second-order valence-electron chi connectivity index (χ2n) is 6.57. The highest BCUT2D eigenvalue weighted by Gasteiger charge is 2.30. The first-order chi connectivity index (χ1) is 13.8. The first kappa shape index (κ1) is 21.0. The van der Waals surface area contributed by atoms with Crippen LogP contribution in [0, 0.1) is 0 Å². The van der Waals surface area contributed by atoms with Gasteiger partial charge in [0.2, 0.25) is 5.91 Å². The van der Waals surface area contributed by atoms with E-state index >= 15 is 0 Å². The van der Waals surface area contributed by atoms with Crippen LogP contribution >= 0.6 is 22.9 Å². The number of benzene rings is 1. The fourth-order valence-corrected chi connectivity index (χ4v) is 4.07. The number of ketones is 1. The molecule has 0 fully saturated rings. The number of fused-ring (bicyclic) bond motifs is 1. The predicted molar refractivity (Wildman–Crippen MR) is 110 cm³/mol. The van der Waals surface area contributed by atoms with Crippen LogP contribution in [0.1, 0.15) is 35.9 Å². The van der Waals surface area contributed by atoms with Crippen molar-refractivity contribution in [2.75, 3.05) is 16.8 Å². The molecule has 152 valence electrons. The fourth-order valence-electron chi connectivity index (χ4n) is 3.05. The molecule has 1 aromatic heterocycles. The molecule has 2 heterocycles. The topological polar surface area (TPSA) is 92.8 Å². The molecule has 3 rings (SSSR count). The number of amides is 2. The molecule has 0 bridgehead atoms. The second-order valence-corrected chi connectivity index (χ2v) is 8.28. The van der Waals surface area contributed by atoms with E-state index in [0.717, 1.165) is 11.3 Å². The maximum Gasteiger partial charge on any atom is 0.306 e. The minimum atomic E-state index is -0.640. The zero-order valence-corrected chi connectivity index (χ0v) is 17.2. The average Bonchev–Trinajstić information content (AvgIpc) is 3.06. The van der Waals surface area contributed by atoms with E-state index in [0.29, 0.717) is 20.6 Å². The van der Waals surface area contributed by atoms with Crippen LogP contribution in [-0.2, 0) is 19.1 Å². The molecule has 1 N–H and O–H groups in total.